The van der Waals surface area contributed by atoms with Gasteiger partial charge in [0, 0.05) is 30.1 Å². The molecule has 2 aliphatic rings. The lowest BCUT2D eigenvalue weighted by Gasteiger charge is -2.40. The SMILES string of the molecule is CC1(C)CNC2CN(c3ccccc3Br)CCC21. The van der Waals surface area contributed by atoms with Crippen LogP contribution in [0.2, 0.25) is 0 Å². The number of rotatable bonds is 1. The van der Waals surface area contributed by atoms with E-state index >= 15 is 0 Å². The topological polar surface area (TPSA) is 15.3 Å². The second-order valence-electron chi connectivity index (χ2n) is 6.27. The summed E-state index contributed by atoms with van der Waals surface area (Å²) < 4.78 is 1.21. The van der Waals surface area contributed by atoms with Gasteiger partial charge in [0.05, 0.1) is 5.69 Å². The number of nitrogens with zero attached hydrogens (tertiary/aromatic N) is 1. The highest BCUT2D eigenvalue weighted by Gasteiger charge is 2.44. The highest BCUT2D eigenvalue weighted by Crippen LogP contribution is 2.41. The van der Waals surface area contributed by atoms with Crippen molar-refractivity contribution in [2.45, 2.75) is 26.3 Å². The Labute approximate surface area is 118 Å². The number of para-hydroxylation sites is 1. The second-order valence-corrected chi connectivity index (χ2v) is 7.12. The molecule has 1 aromatic rings. The number of fused-ring (bicyclic) bond motifs is 1. The lowest BCUT2D eigenvalue weighted by Crippen LogP contribution is -2.47. The molecule has 3 rings (SSSR count). The van der Waals surface area contributed by atoms with Gasteiger partial charge in [0.25, 0.3) is 0 Å². The molecule has 0 spiro atoms. The number of hydrogen-bond donors (Lipinski definition) is 1. The quantitative estimate of drug-likeness (QED) is 0.856. The fourth-order valence-electron chi connectivity index (χ4n) is 3.55. The molecule has 1 N–H and O–H groups in total. The lowest BCUT2D eigenvalue weighted by molar-refractivity contribution is 0.227. The summed E-state index contributed by atoms with van der Waals surface area (Å²) in [5.41, 5.74) is 1.80. The minimum absolute atomic E-state index is 0.463. The minimum Gasteiger partial charge on any atom is -0.369 e. The molecule has 18 heavy (non-hydrogen) atoms. The molecule has 0 amide bonds. The standard InChI is InChI=1S/C15H21BrN2/c1-15(2)10-17-13-9-18(8-7-11(13)15)14-6-4-3-5-12(14)16/h3-6,11,13,17H,7-10H2,1-2H3. The van der Waals surface area contributed by atoms with Crippen molar-refractivity contribution in [1.29, 1.82) is 0 Å². The van der Waals surface area contributed by atoms with E-state index < -0.39 is 0 Å². The lowest BCUT2D eigenvalue weighted by atomic mass is 9.75. The molecule has 3 heteroatoms. The van der Waals surface area contributed by atoms with Gasteiger partial charge in [-0.2, -0.15) is 0 Å². The van der Waals surface area contributed by atoms with Gasteiger partial charge in [-0.15, -0.1) is 0 Å². The van der Waals surface area contributed by atoms with Crippen molar-refractivity contribution in [3.8, 4) is 0 Å². The fourth-order valence-corrected chi connectivity index (χ4v) is 4.08. The van der Waals surface area contributed by atoms with Gasteiger partial charge >= 0.3 is 0 Å². The van der Waals surface area contributed by atoms with E-state index in [0.29, 0.717) is 11.5 Å². The highest BCUT2D eigenvalue weighted by molar-refractivity contribution is 9.10. The third kappa shape index (κ3) is 2.08. The van der Waals surface area contributed by atoms with Gasteiger partial charge < -0.3 is 10.2 Å². The van der Waals surface area contributed by atoms with E-state index in [-0.39, 0.29) is 0 Å². The summed E-state index contributed by atoms with van der Waals surface area (Å²) in [4.78, 5) is 2.51. The van der Waals surface area contributed by atoms with E-state index in [1.165, 1.54) is 23.1 Å². The Kier molecular flexibility index (Phi) is 3.15. The van der Waals surface area contributed by atoms with Crippen LogP contribution in [-0.4, -0.2) is 25.7 Å². The van der Waals surface area contributed by atoms with E-state index in [2.05, 4.69) is 64.3 Å². The van der Waals surface area contributed by atoms with Gasteiger partial charge in [-0.25, -0.2) is 0 Å². The zero-order valence-corrected chi connectivity index (χ0v) is 12.7. The molecule has 98 valence electrons. The smallest absolute Gasteiger partial charge is 0.0511 e. The molecule has 0 radical (unpaired) electrons. The van der Waals surface area contributed by atoms with Gasteiger partial charge in [-0.3, -0.25) is 0 Å². The van der Waals surface area contributed by atoms with Crippen molar-refractivity contribution < 1.29 is 0 Å². The zero-order chi connectivity index (χ0) is 12.8. The summed E-state index contributed by atoms with van der Waals surface area (Å²) in [6, 6.07) is 9.20. The highest BCUT2D eigenvalue weighted by atomic mass is 79.9. The predicted octanol–water partition coefficient (Wildman–Crippen LogP) is 3.27. The van der Waals surface area contributed by atoms with Crippen molar-refractivity contribution in [1.82, 2.24) is 5.32 Å². The van der Waals surface area contributed by atoms with Gasteiger partial charge in [-0.05, 0) is 45.8 Å². The maximum absolute atomic E-state index is 3.71. The normalized spacial score (nSPS) is 30.3. The summed E-state index contributed by atoms with van der Waals surface area (Å²) in [7, 11) is 0. The molecule has 2 atom stereocenters. The van der Waals surface area contributed by atoms with E-state index in [4.69, 9.17) is 0 Å². The first-order valence-electron chi connectivity index (χ1n) is 6.81. The summed E-state index contributed by atoms with van der Waals surface area (Å²) in [5.74, 6) is 0.830. The van der Waals surface area contributed by atoms with Crippen molar-refractivity contribution in [3.63, 3.8) is 0 Å². The molecule has 2 fully saturated rings. The van der Waals surface area contributed by atoms with Gasteiger partial charge in [-0.1, -0.05) is 26.0 Å². The third-order valence-electron chi connectivity index (χ3n) is 4.63. The van der Waals surface area contributed by atoms with Crippen LogP contribution in [0.15, 0.2) is 28.7 Å². The van der Waals surface area contributed by atoms with Crippen LogP contribution >= 0.6 is 15.9 Å². The molecular formula is C15H21BrN2. The molecule has 0 aliphatic carbocycles. The van der Waals surface area contributed by atoms with Gasteiger partial charge in [0.2, 0.25) is 0 Å². The first-order valence-corrected chi connectivity index (χ1v) is 7.60. The Morgan fingerprint density at radius 1 is 1.33 bits per heavy atom. The zero-order valence-electron chi connectivity index (χ0n) is 11.1. The van der Waals surface area contributed by atoms with Crippen molar-refractivity contribution in [2.24, 2.45) is 11.3 Å². The Morgan fingerprint density at radius 2 is 2.11 bits per heavy atom. The second kappa shape index (κ2) is 4.53. The minimum atomic E-state index is 0.463. The Hall–Kier alpha value is -0.540. The van der Waals surface area contributed by atoms with Gasteiger partial charge in [0.15, 0.2) is 0 Å². The van der Waals surface area contributed by atoms with Crippen molar-refractivity contribution in [2.75, 3.05) is 24.5 Å². The number of nitrogens with one attached hydrogen (secondary N) is 1. The van der Waals surface area contributed by atoms with E-state index in [0.717, 1.165) is 19.0 Å². The van der Waals surface area contributed by atoms with Crippen LogP contribution in [-0.2, 0) is 0 Å². The molecule has 2 saturated heterocycles. The summed E-state index contributed by atoms with van der Waals surface area (Å²) in [6.07, 6.45) is 1.30. The third-order valence-corrected chi connectivity index (χ3v) is 5.30. The monoisotopic (exact) mass is 308 g/mol. The molecule has 2 nitrogen and oxygen atoms in total. The molecule has 2 aliphatic heterocycles. The molecule has 0 bridgehead atoms. The Morgan fingerprint density at radius 3 is 2.89 bits per heavy atom. The largest absolute Gasteiger partial charge is 0.369 e. The first-order chi connectivity index (χ1) is 8.58. The average Bonchev–Trinajstić information content (AvgIpc) is 2.66. The fraction of sp³-hybridized carbons (Fsp3) is 0.600. The number of hydrogen-bond acceptors (Lipinski definition) is 2. The first kappa shape index (κ1) is 12.5. The van der Waals surface area contributed by atoms with Crippen LogP contribution in [0, 0.1) is 11.3 Å². The average molecular weight is 309 g/mol. The maximum atomic E-state index is 3.71. The van der Waals surface area contributed by atoms with Crippen LogP contribution in [0.3, 0.4) is 0 Å². The Bertz CT molecular complexity index is 444. The molecular weight excluding hydrogens is 288 g/mol. The maximum Gasteiger partial charge on any atom is 0.0511 e. The molecule has 2 heterocycles. The summed E-state index contributed by atoms with van der Waals surface area (Å²) in [5, 5.41) is 3.71. The van der Waals surface area contributed by atoms with E-state index in [1.807, 2.05) is 0 Å². The molecule has 2 unspecified atom stereocenters. The number of piperidine rings is 1. The summed E-state index contributed by atoms with van der Waals surface area (Å²) >= 11 is 3.66. The van der Waals surface area contributed by atoms with E-state index in [9.17, 15) is 0 Å². The number of anilines is 1. The van der Waals surface area contributed by atoms with Crippen molar-refractivity contribution in [3.05, 3.63) is 28.7 Å². The molecule has 0 aromatic heterocycles. The van der Waals surface area contributed by atoms with Crippen LogP contribution in [0.4, 0.5) is 5.69 Å². The molecule has 0 saturated carbocycles. The number of halogens is 1. The Balaban J connectivity index is 1.78. The van der Waals surface area contributed by atoms with E-state index in [1.54, 1.807) is 0 Å². The van der Waals surface area contributed by atoms with Crippen molar-refractivity contribution >= 4 is 21.6 Å². The van der Waals surface area contributed by atoms with Crippen LogP contribution in [0.1, 0.15) is 20.3 Å². The van der Waals surface area contributed by atoms with Crippen LogP contribution < -0.4 is 10.2 Å². The van der Waals surface area contributed by atoms with Crippen LogP contribution in [0.5, 0.6) is 0 Å². The molecule has 1 aromatic carbocycles. The predicted molar refractivity (Wildman–Crippen MR) is 80.0 cm³/mol. The van der Waals surface area contributed by atoms with Crippen LogP contribution in [0.25, 0.3) is 0 Å². The number of benzene rings is 1. The summed E-state index contributed by atoms with van der Waals surface area (Å²) in [6.45, 7) is 8.27. The van der Waals surface area contributed by atoms with Gasteiger partial charge in [0.1, 0.15) is 0 Å².